The zero-order valence-electron chi connectivity index (χ0n) is 25.0. The average molecular weight is 486 g/mol. The van der Waals surface area contributed by atoms with Crippen molar-refractivity contribution in [3.63, 3.8) is 0 Å². The van der Waals surface area contributed by atoms with E-state index in [1.807, 2.05) is 0 Å². The van der Waals surface area contributed by atoms with Gasteiger partial charge in [-0.3, -0.25) is 0 Å². The summed E-state index contributed by atoms with van der Waals surface area (Å²) in [4.78, 5) is 5.29. The van der Waals surface area contributed by atoms with Gasteiger partial charge >= 0.3 is 0 Å². The third kappa shape index (κ3) is 6.02. The Labute approximate surface area is 220 Å². The van der Waals surface area contributed by atoms with Crippen molar-refractivity contribution in [2.45, 2.75) is 105 Å². The predicted molar refractivity (Wildman–Crippen MR) is 156 cm³/mol. The summed E-state index contributed by atoms with van der Waals surface area (Å²) in [5.74, 6) is 0.920. The van der Waals surface area contributed by atoms with Crippen LogP contribution in [0.3, 0.4) is 0 Å². The summed E-state index contributed by atoms with van der Waals surface area (Å²) in [6, 6.07) is 18.0. The molecule has 0 fully saturated rings. The van der Waals surface area contributed by atoms with Crippen LogP contribution in [0.2, 0.25) is 0 Å². The fourth-order valence-electron chi connectivity index (χ4n) is 4.42. The summed E-state index contributed by atoms with van der Waals surface area (Å²) in [7, 11) is 1.78. The zero-order valence-corrected chi connectivity index (χ0v) is 25.0. The van der Waals surface area contributed by atoms with E-state index in [1.165, 1.54) is 22.3 Å². The minimum Gasteiger partial charge on any atom is -0.496 e. The van der Waals surface area contributed by atoms with Crippen molar-refractivity contribution in [3.8, 4) is 28.3 Å². The summed E-state index contributed by atoms with van der Waals surface area (Å²) < 4.78 is 6.12. The first kappa shape index (κ1) is 28.0. The molecule has 0 atom stereocenters. The van der Waals surface area contributed by atoms with E-state index in [0.717, 1.165) is 28.3 Å². The monoisotopic (exact) mass is 485 g/mol. The SMILES string of the molecule is COc1c(-c2cc(C(C)(C)C)cc(-c3cccc(C(C)(C)C)c3)n2)cc(C(C)(C)C)cc1C(C)(C)C. The molecule has 1 aromatic heterocycles. The summed E-state index contributed by atoms with van der Waals surface area (Å²) in [5, 5.41) is 0. The highest BCUT2D eigenvalue weighted by Crippen LogP contribution is 2.43. The van der Waals surface area contributed by atoms with Crippen molar-refractivity contribution in [2.24, 2.45) is 0 Å². The first-order chi connectivity index (χ1) is 16.3. The molecule has 0 unspecified atom stereocenters. The van der Waals surface area contributed by atoms with E-state index in [2.05, 4.69) is 132 Å². The lowest BCUT2D eigenvalue weighted by atomic mass is 9.78. The topological polar surface area (TPSA) is 22.1 Å². The average Bonchev–Trinajstić information content (AvgIpc) is 2.75. The number of ether oxygens (including phenoxy) is 1. The van der Waals surface area contributed by atoms with Crippen molar-refractivity contribution in [1.82, 2.24) is 4.98 Å². The van der Waals surface area contributed by atoms with Gasteiger partial charge in [-0.2, -0.15) is 0 Å². The molecule has 0 radical (unpaired) electrons. The smallest absolute Gasteiger partial charge is 0.131 e. The van der Waals surface area contributed by atoms with E-state index in [1.54, 1.807) is 7.11 Å². The summed E-state index contributed by atoms with van der Waals surface area (Å²) in [6.45, 7) is 27.2. The number of aromatic nitrogens is 1. The molecule has 0 bridgehead atoms. The molecule has 194 valence electrons. The van der Waals surface area contributed by atoms with E-state index >= 15 is 0 Å². The van der Waals surface area contributed by atoms with Gasteiger partial charge in [0.1, 0.15) is 5.75 Å². The van der Waals surface area contributed by atoms with Gasteiger partial charge in [-0.1, -0.05) is 107 Å². The molecule has 2 nitrogen and oxygen atoms in total. The maximum absolute atomic E-state index is 6.12. The van der Waals surface area contributed by atoms with Gasteiger partial charge in [-0.25, -0.2) is 4.98 Å². The summed E-state index contributed by atoms with van der Waals surface area (Å²) in [5.41, 5.74) is 9.27. The highest BCUT2D eigenvalue weighted by molar-refractivity contribution is 5.75. The first-order valence-corrected chi connectivity index (χ1v) is 13.2. The third-order valence-corrected chi connectivity index (χ3v) is 6.96. The van der Waals surface area contributed by atoms with Crippen LogP contribution in [-0.2, 0) is 21.7 Å². The Bertz CT molecular complexity index is 1240. The Hall–Kier alpha value is -2.61. The Balaban J connectivity index is 2.40. The second-order valence-corrected chi connectivity index (χ2v) is 14.3. The van der Waals surface area contributed by atoms with Crippen molar-refractivity contribution >= 4 is 0 Å². The Morgan fingerprint density at radius 2 is 1.08 bits per heavy atom. The number of hydrogen-bond acceptors (Lipinski definition) is 2. The lowest BCUT2D eigenvalue weighted by Gasteiger charge is -2.29. The lowest BCUT2D eigenvalue weighted by molar-refractivity contribution is 0.398. The second kappa shape index (κ2) is 9.36. The fourth-order valence-corrected chi connectivity index (χ4v) is 4.42. The Morgan fingerprint density at radius 3 is 1.58 bits per heavy atom. The molecule has 2 aromatic carbocycles. The van der Waals surface area contributed by atoms with Crippen LogP contribution in [0.15, 0.2) is 48.5 Å². The van der Waals surface area contributed by atoms with Gasteiger partial charge in [0, 0.05) is 16.7 Å². The van der Waals surface area contributed by atoms with Gasteiger partial charge in [0.05, 0.1) is 18.5 Å². The maximum Gasteiger partial charge on any atom is 0.131 e. The lowest BCUT2D eigenvalue weighted by Crippen LogP contribution is -2.18. The van der Waals surface area contributed by atoms with E-state index in [9.17, 15) is 0 Å². The first-order valence-electron chi connectivity index (χ1n) is 13.2. The van der Waals surface area contributed by atoms with Crippen LogP contribution in [-0.4, -0.2) is 12.1 Å². The molecule has 0 spiro atoms. The van der Waals surface area contributed by atoms with Crippen LogP contribution in [0.5, 0.6) is 5.75 Å². The number of hydrogen-bond donors (Lipinski definition) is 0. The molecule has 3 aromatic rings. The van der Waals surface area contributed by atoms with Gasteiger partial charge < -0.3 is 4.74 Å². The number of nitrogens with zero attached hydrogens (tertiary/aromatic N) is 1. The predicted octanol–water partition coefficient (Wildman–Crippen LogP) is 9.61. The van der Waals surface area contributed by atoms with E-state index in [4.69, 9.17) is 9.72 Å². The van der Waals surface area contributed by atoms with Gasteiger partial charge in [0.15, 0.2) is 0 Å². The molecule has 0 saturated carbocycles. The molecular weight excluding hydrogens is 438 g/mol. The molecule has 0 amide bonds. The van der Waals surface area contributed by atoms with Gasteiger partial charge in [0.25, 0.3) is 0 Å². The normalized spacial score (nSPS) is 13.1. The van der Waals surface area contributed by atoms with Gasteiger partial charge in [-0.05, 0) is 62.6 Å². The molecule has 0 aliphatic heterocycles. The molecule has 0 N–H and O–H groups in total. The summed E-state index contributed by atoms with van der Waals surface area (Å²) >= 11 is 0. The molecule has 36 heavy (non-hydrogen) atoms. The van der Waals surface area contributed by atoms with E-state index < -0.39 is 0 Å². The van der Waals surface area contributed by atoms with Crippen molar-refractivity contribution in [2.75, 3.05) is 7.11 Å². The quantitative estimate of drug-likeness (QED) is 0.368. The number of pyridine rings is 1. The van der Waals surface area contributed by atoms with Gasteiger partial charge in [0.2, 0.25) is 0 Å². The minimum atomic E-state index is -0.0626. The van der Waals surface area contributed by atoms with Crippen molar-refractivity contribution in [1.29, 1.82) is 0 Å². The van der Waals surface area contributed by atoms with Crippen LogP contribution in [0.1, 0.15) is 105 Å². The molecule has 0 saturated heterocycles. The highest BCUT2D eigenvalue weighted by atomic mass is 16.5. The molecule has 2 heteroatoms. The van der Waals surface area contributed by atoms with Crippen LogP contribution >= 0.6 is 0 Å². The molecule has 0 aliphatic rings. The number of benzene rings is 2. The largest absolute Gasteiger partial charge is 0.496 e. The fraction of sp³-hybridized carbons (Fsp3) is 0.500. The number of rotatable bonds is 3. The molecule has 1 heterocycles. The van der Waals surface area contributed by atoms with Crippen LogP contribution < -0.4 is 4.74 Å². The third-order valence-electron chi connectivity index (χ3n) is 6.96. The number of methoxy groups -OCH3 is 1. The van der Waals surface area contributed by atoms with Crippen LogP contribution in [0.25, 0.3) is 22.5 Å². The van der Waals surface area contributed by atoms with Crippen molar-refractivity contribution < 1.29 is 4.74 Å². The molecular formula is C34H47NO. The van der Waals surface area contributed by atoms with E-state index in [-0.39, 0.29) is 21.7 Å². The Morgan fingerprint density at radius 1 is 0.556 bits per heavy atom. The van der Waals surface area contributed by atoms with Gasteiger partial charge in [-0.15, -0.1) is 0 Å². The Kier molecular flexibility index (Phi) is 7.27. The zero-order chi connectivity index (χ0) is 27.3. The maximum atomic E-state index is 6.12. The van der Waals surface area contributed by atoms with Crippen molar-refractivity contribution in [3.05, 3.63) is 70.8 Å². The standard InChI is InChI=1S/C34H47NO/c1-31(2,3)23-16-14-15-22(17-23)28-20-25(33(7,8)9)21-29(35-28)26-18-24(32(4,5)6)19-27(30(26)36-13)34(10,11)12/h14-21H,1-13H3. The molecule has 3 rings (SSSR count). The van der Waals surface area contributed by atoms with Crippen LogP contribution in [0, 0.1) is 0 Å². The van der Waals surface area contributed by atoms with Crippen LogP contribution in [0.4, 0.5) is 0 Å². The highest BCUT2D eigenvalue weighted by Gasteiger charge is 2.28. The summed E-state index contributed by atoms with van der Waals surface area (Å²) in [6.07, 6.45) is 0. The van der Waals surface area contributed by atoms with E-state index in [0.29, 0.717) is 0 Å². The minimum absolute atomic E-state index is 0.00648. The molecule has 0 aliphatic carbocycles. The second-order valence-electron chi connectivity index (χ2n) is 14.3.